The zero-order valence-corrected chi connectivity index (χ0v) is 12.0. The molecule has 5 heteroatoms. The lowest BCUT2D eigenvalue weighted by Gasteiger charge is -2.13. The summed E-state index contributed by atoms with van der Waals surface area (Å²) in [5.41, 5.74) is 0.718. The molecule has 0 saturated carbocycles. The number of rotatable bonds is 5. The van der Waals surface area contributed by atoms with E-state index in [0.29, 0.717) is 23.5 Å². The van der Waals surface area contributed by atoms with E-state index in [4.69, 9.17) is 26.2 Å². The fraction of sp³-hybridized carbons (Fsp3) is 0.400. The average Bonchev–Trinajstić information content (AvgIpc) is 2.81. The summed E-state index contributed by atoms with van der Waals surface area (Å²) in [6.07, 6.45) is 5.02. The summed E-state index contributed by atoms with van der Waals surface area (Å²) in [5, 5.41) is 9.03. The van der Waals surface area contributed by atoms with Gasteiger partial charge in [-0.1, -0.05) is 17.7 Å². The van der Waals surface area contributed by atoms with E-state index in [2.05, 4.69) is 6.92 Å². The Morgan fingerprint density at radius 1 is 1.55 bits per heavy atom. The van der Waals surface area contributed by atoms with Crippen LogP contribution in [0, 0.1) is 0 Å². The summed E-state index contributed by atoms with van der Waals surface area (Å²) in [4.78, 5) is 10.4. The second kappa shape index (κ2) is 6.77. The molecule has 0 bridgehead atoms. The highest BCUT2D eigenvalue weighted by Gasteiger charge is 2.22. The van der Waals surface area contributed by atoms with Gasteiger partial charge in [-0.05, 0) is 43.5 Å². The smallest absolute Gasteiger partial charge is 0.328 e. The summed E-state index contributed by atoms with van der Waals surface area (Å²) in [6.45, 7) is 2.53. The fourth-order valence-corrected chi connectivity index (χ4v) is 2.34. The van der Waals surface area contributed by atoms with Gasteiger partial charge in [0.1, 0.15) is 12.4 Å². The molecule has 108 valence electrons. The van der Waals surface area contributed by atoms with Crippen molar-refractivity contribution in [1.29, 1.82) is 0 Å². The van der Waals surface area contributed by atoms with Crippen molar-refractivity contribution in [3.05, 3.63) is 34.9 Å². The first kappa shape index (κ1) is 14.9. The van der Waals surface area contributed by atoms with Gasteiger partial charge in [0.05, 0.1) is 17.2 Å². The molecule has 1 aliphatic rings. The van der Waals surface area contributed by atoms with Crippen LogP contribution in [0.5, 0.6) is 5.75 Å². The highest BCUT2D eigenvalue weighted by molar-refractivity contribution is 6.32. The maximum atomic E-state index is 10.4. The van der Waals surface area contributed by atoms with Crippen LogP contribution < -0.4 is 4.74 Å². The number of carboxylic acids is 1. The summed E-state index contributed by atoms with van der Waals surface area (Å²) in [7, 11) is 0. The normalized spacial score (nSPS) is 22.3. The van der Waals surface area contributed by atoms with Gasteiger partial charge in [-0.2, -0.15) is 0 Å². The second-order valence-electron chi connectivity index (χ2n) is 4.82. The van der Waals surface area contributed by atoms with Gasteiger partial charge in [0.25, 0.3) is 0 Å². The average molecular weight is 297 g/mol. The summed E-state index contributed by atoms with van der Waals surface area (Å²) < 4.78 is 11.3. The number of hydrogen-bond acceptors (Lipinski definition) is 3. The Morgan fingerprint density at radius 3 is 2.95 bits per heavy atom. The van der Waals surface area contributed by atoms with E-state index in [1.807, 2.05) is 0 Å². The van der Waals surface area contributed by atoms with E-state index in [1.165, 1.54) is 6.08 Å². The quantitative estimate of drug-likeness (QED) is 0.846. The molecule has 0 radical (unpaired) electrons. The van der Waals surface area contributed by atoms with Crippen molar-refractivity contribution in [1.82, 2.24) is 0 Å². The van der Waals surface area contributed by atoms with Gasteiger partial charge in [0, 0.05) is 6.08 Å². The Morgan fingerprint density at radius 2 is 2.35 bits per heavy atom. The van der Waals surface area contributed by atoms with Gasteiger partial charge in [0.2, 0.25) is 0 Å². The summed E-state index contributed by atoms with van der Waals surface area (Å²) in [5.74, 6) is -0.406. The van der Waals surface area contributed by atoms with Crippen molar-refractivity contribution in [2.24, 2.45) is 0 Å². The maximum Gasteiger partial charge on any atom is 0.328 e. The first-order valence-electron chi connectivity index (χ1n) is 6.53. The first-order chi connectivity index (χ1) is 9.54. The van der Waals surface area contributed by atoms with Gasteiger partial charge < -0.3 is 14.6 Å². The predicted octanol–water partition coefficient (Wildman–Crippen LogP) is 3.38. The third-order valence-electron chi connectivity index (χ3n) is 3.12. The largest absolute Gasteiger partial charge is 0.489 e. The van der Waals surface area contributed by atoms with Crippen molar-refractivity contribution in [3.63, 3.8) is 0 Å². The number of hydrogen-bond donors (Lipinski definition) is 1. The number of carboxylic acid groups (broad SMARTS) is 1. The topological polar surface area (TPSA) is 55.8 Å². The lowest BCUT2D eigenvalue weighted by molar-refractivity contribution is -0.131. The summed E-state index contributed by atoms with van der Waals surface area (Å²) >= 11 is 6.11. The Labute approximate surface area is 123 Å². The van der Waals surface area contributed by atoms with E-state index in [9.17, 15) is 4.79 Å². The SMILES string of the molecule is CC1CCC(COc2ccc(/C=C/C(=O)O)cc2Cl)O1. The predicted molar refractivity (Wildman–Crippen MR) is 77.2 cm³/mol. The monoisotopic (exact) mass is 296 g/mol. The molecule has 4 nitrogen and oxygen atoms in total. The molecule has 1 fully saturated rings. The minimum Gasteiger partial charge on any atom is -0.489 e. The molecule has 0 amide bonds. The molecule has 1 aromatic carbocycles. The minimum atomic E-state index is -0.992. The van der Waals surface area contributed by atoms with Crippen LogP contribution in [0.3, 0.4) is 0 Å². The van der Waals surface area contributed by atoms with E-state index >= 15 is 0 Å². The third-order valence-corrected chi connectivity index (χ3v) is 3.41. The molecular formula is C15H17ClO4. The molecule has 2 unspecified atom stereocenters. The van der Waals surface area contributed by atoms with Crippen molar-refractivity contribution >= 4 is 23.6 Å². The molecular weight excluding hydrogens is 280 g/mol. The van der Waals surface area contributed by atoms with E-state index < -0.39 is 5.97 Å². The van der Waals surface area contributed by atoms with Crippen LogP contribution in [-0.4, -0.2) is 29.9 Å². The Kier molecular flexibility index (Phi) is 5.04. The first-order valence-corrected chi connectivity index (χ1v) is 6.91. The molecule has 1 N–H and O–H groups in total. The summed E-state index contributed by atoms with van der Waals surface area (Å²) in [6, 6.07) is 5.18. The molecule has 0 spiro atoms. The number of aliphatic carboxylic acids is 1. The van der Waals surface area contributed by atoms with Crippen LogP contribution in [0.2, 0.25) is 5.02 Å². The van der Waals surface area contributed by atoms with Crippen LogP contribution in [0.15, 0.2) is 24.3 Å². The van der Waals surface area contributed by atoms with Crippen molar-refractivity contribution in [3.8, 4) is 5.75 Å². The van der Waals surface area contributed by atoms with Crippen LogP contribution in [0.25, 0.3) is 6.08 Å². The van der Waals surface area contributed by atoms with Gasteiger partial charge in [0.15, 0.2) is 0 Å². The molecule has 2 atom stereocenters. The molecule has 1 heterocycles. The molecule has 2 rings (SSSR count). The van der Waals surface area contributed by atoms with Gasteiger partial charge in [-0.25, -0.2) is 4.79 Å². The lowest BCUT2D eigenvalue weighted by Crippen LogP contribution is -2.17. The molecule has 0 aromatic heterocycles. The maximum absolute atomic E-state index is 10.4. The van der Waals surface area contributed by atoms with Crippen LogP contribution in [-0.2, 0) is 9.53 Å². The van der Waals surface area contributed by atoms with Gasteiger partial charge in [-0.3, -0.25) is 0 Å². The van der Waals surface area contributed by atoms with Crippen LogP contribution in [0.1, 0.15) is 25.3 Å². The van der Waals surface area contributed by atoms with Gasteiger partial charge >= 0.3 is 5.97 Å². The van der Waals surface area contributed by atoms with Crippen molar-refractivity contribution < 1.29 is 19.4 Å². The van der Waals surface area contributed by atoms with Crippen LogP contribution in [0.4, 0.5) is 0 Å². The Balaban J connectivity index is 1.94. The lowest BCUT2D eigenvalue weighted by atomic mass is 10.2. The number of ether oxygens (including phenoxy) is 2. The molecule has 20 heavy (non-hydrogen) atoms. The van der Waals surface area contributed by atoms with E-state index in [0.717, 1.165) is 24.5 Å². The molecule has 0 aliphatic carbocycles. The molecule has 1 saturated heterocycles. The molecule has 1 aliphatic heterocycles. The van der Waals surface area contributed by atoms with Crippen molar-refractivity contribution in [2.75, 3.05) is 6.61 Å². The Bertz CT molecular complexity index is 513. The van der Waals surface area contributed by atoms with Gasteiger partial charge in [-0.15, -0.1) is 0 Å². The van der Waals surface area contributed by atoms with Crippen LogP contribution >= 0.6 is 11.6 Å². The number of halogens is 1. The second-order valence-corrected chi connectivity index (χ2v) is 5.23. The number of benzene rings is 1. The number of carbonyl (C=O) groups is 1. The highest BCUT2D eigenvalue weighted by Crippen LogP contribution is 2.27. The third kappa shape index (κ3) is 4.25. The highest BCUT2D eigenvalue weighted by atomic mass is 35.5. The van der Waals surface area contributed by atoms with E-state index in [1.54, 1.807) is 18.2 Å². The zero-order valence-electron chi connectivity index (χ0n) is 11.2. The van der Waals surface area contributed by atoms with E-state index in [-0.39, 0.29) is 6.10 Å². The fourth-order valence-electron chi connectivity index (χ4n) is 2.10. The Hall–Kier alpha value is -1.52. The zero-order chi connectivity index (χ0) is 14.5. The minimum absolute atomic E-state index is 0.118. The standard InChI is InChI=1S/C15H17ClO4/c1-10-2-5-12(20-10)9-19-14-6-3-11(8-13(14)16)4-7-15(17)18/h3-4,6-8,10,12H,2,5,9H2,1H3,(H,17,18)/b7-4+. The van der Waals surface area contributed by atoms with Crippen molar-refractivity contribution in [2.45, 2.75) is 32.0 Å². The molecule has 1 aromatic rings.